The minimum atomic E-state index is -0.584. The van der Waals surface area contributed by atoms with Gasteiger partial charge in [-0.2, -0.15) is 0 Å². The molecule has 2 aliphatic heterocycles. The Morgan fingerprint density at radius 2 is 2.00 bits per heavy atom. The van der Waals surface area contributed by atoms with Gasteiger partial charge in [-0.15, -0.1) is 0 Å². The number of carbonyl (C=O) groups excluding carboxylic acids is 1. The molecular weight excluding hydrogens is 286 g/mol. The fraction of sp³-hybridized carbons (Fsp3) is 0.632. The molecule has 2 saturated heterocycles. The van der Waals surface area contributed by atoms with Gasteiger partial charge < -0.3 is 15.5 Å². The molecule has 1 spiro atoms. The van der Waals surface area contributed by atoms with Crippen molar-refractivity contribution in [3.05, 3.63) is 29.8 Å². The van der Waals surface area contributed by atoms with E-state index in [0.29, 0.717) is 5.41 Å². The molecule has 2 fully saturated rings. The number of amides is 1. The standard InChI is InChI=1S/C19H29N3O/c1-15-5-7-16(8-6-15)21-18(2,3)17(23)22-12-4-9-19(14-22)10-11-20-13-19/h5-8,20-21H,4,9-14H2,1-3H3. The maximum atomic E-state index is 13.1. The number of nitrogens with one attached hydrogen (secondary N) is 2. The predicted molar refractivity (Wildman–Crippen MR) is 94.6 cm³/mol. The summed E-state index contributed by atoms with van der Waals surface area (Å²) >= 11 is 0. The van der Waals surface area contributed by atoms with E-state index in [4.69, 9.17) is 0 Å². The molecule has 1 atom stereocenters. The number of piperidine rings is 1. The highest BCUT2D eigenvalue weighted by molar-refractivity contribution is 5.88. The van der Waals surface area contributed by atoms with E-state index in [1.165, 1.54) is 18.4 Å². The molecule has 0 radical (unpaired) electrons. The van der Waals surface area contributed by atoms with Gasteiger partial charge in [0.1, 0.15) is 5.54 Å². The number of anilines is 1. The molecule has 0 bridgehead atoms. The van der Waals surface area contributed by atoms with Crippen LogP contribution in [0, 0.1) is 12.3 Å². The first-order valence-corrected chi connectivity index (χ1v) is 8.75. The van der Waals surface area contributed by atoms with Crippen molar-refractivity contribution >= 4 is 11.6 Å². The number of nitrogens with zero attached hydrogens (tertiary/aromatic N) is 1. The topological polar surface area (TPSA) is 44.4 Å². The molecule has 2 N–H and O–H groups in total. The van der Waals surface area contributed by atoms with E-state index in [1.807, 2.05) is 26.0 Å². The van der Waals surface area contributed by atoms with Crippen molar-refractivity contribution in [1.29, 1.82) is 0 Å². The van der Waals surface area contributed by atoms with Crippen LogP contribution in [0.15, 0.2) is 24.3 Å². The minimum absolute atomic E-state index is 0.212. The Hall–Kier alpha value is -1.55. The van der Waals surface area contributed by atoms with E-state index in [2.05, 4.69) is 34.6 Å². The van der Waals surface area contributed by atoms with Crippen LogP contribution in [0.1, 0.15) is 38.7 Å². The Labute approximate surface area is 139 Å². The van der Waals surface area contributed by atoms with Gasteiger partial charge in [0, 0.05) is 30.7 Å². The number of benzene rings is 1. The van der Waals surface area contributed by atoms with E-state index in [9.17, 15) is 4.79 Å². The second-order valence-electron chi connectivity index (χ2n) is 7.87. The van der Waals surface area contributed by atoms with Crippen LogP contribution in [0.25, 0.3) is 0 Å². The highest BCUT2D eigenvalue weighted by Gasteiger charge is 2.42. The molecule has 2 heterocycles. The van der Waals surface area contributed by atoms with E-state index in [-0.39, 0.29) is 5.91 Å². The maximum Gasteiger partial charge on any atom is 0.247 e. The molecule has 1 amide bonds. The monoisotopic (exact) mass is 315 g/mol. The Balaban J connectivity index is 1.69. The summed E-state index contributed by atoms with van der Waals surface area (Å²) in [6.07, 6.45) is 3.56. The first-order chi connectivity index (χ1) is 10.9. The number of rotatable bonds is 3. The van der Waals surface area contributed by atoms with Gasteiger partial charge in [0.15, 0.2) is 0 Å². The largest absolute Gasteiger partial charge is 0.372 e. The number of carbonyl (C=O) groups is 1. The van der Waals surface area contributed by atoms with Crippen molar-refractivity contribution in [3.63, 3.8) is 0 Å². The Morgan fingerprint density at radius 3 is 2.65 bits per heavy atom. The Morgan fingerprint density at radius 1 is 1.26 bits per heavy atom. The van der Waals surface area contributed by atoms with Crippen LogP contribution in [0.3, 0.4) is 0 Å². The van der Waals surface area contributed by atoms with Crippen molar-refractivity contribution in [3.8, 4) is 0 Å². The van der Waals surface area contributed by atoms with Gasteiger partial charge in [0.2, 0.25) is 5.91 Å². The van der Waals surface area contributed by atoms with Gasteiger partial charge in [-0.1, -0.05) is 17.7 Å². The third-order valence-electron chi connectivity index (χ3n) is 5.32. The normalized spacial score (nSPS) is 24.9. The summed E-state index contributed by atoms with van der Waals surface area (Å²) in [5.74, 6) is 0.212. The molecule has 0 saturated carbocycles. The summed E-state index contributed by atoms with van der Waals surface area (Å²) in [6, 6.07) is 8.23. The number of hydrogen-bond donors (Lipinski definition) is 2. The summed E-state index contributed by atoms with van der Waals surface area (Å²) in [6.45, 7) is 9.99. The Bertz CT molecular complexity index is 558. The van der Waals surface area contributed by atoms with Gasteiger partial charge in [-0.25, -0.2) is 0 Å². The van der Waals surface area contributed by atoms with Crippen molar-refractivity contribution in [2.45, 2.75) is 45.6 Å². The molecule has 126 valence electrons. The summed E-state index contributed by atoms with van der Waals surface area (Å²) in [5, 5.41) is 6.89. The minimum Gasteiger partial charge on any atom is -0.372 e. The molecule has 4 nitrogen and oxygen atoms in total. The first kappa shape index (κ1) is 16.3. The van der Waals surface area contributed by atoms with E-state index < -0.39 is 5.54 Å². The lowest BCUT2D eigenvalue weighted by Gasteiger charge is -2.43. The highest BCUT2D eigenvalue weighted by Crippen LogP contribution is 2.36. The number of hydrogen-bond acceptors (Lipinski definition) is 3. The fourth-order valence-electron chi connectivity index (χ4n) is 3.97. The summed E-state index contributed by atoms with van der Waals surface area (Å²) in [4.78, 5) is 15.2. The second kappa shape index (κ2) is 6.16. The van der Waals surface area contributed by atoms with Crippen LogP contribution in [-0.4, -0.2) is 42.5 Å². The van der Waals surface area contributed by atoms with Crippen molar-refractivity contribution in [1.82, 2.24) is 10.2 Å². The lowest BCUT2D eigenvalue weighted by atomic mass is 9.79. The zero-order chi connectivity index (χ0) is 16.5. The van der Waals surface area contributed by atoms with Crippen LogP contribution in [-0.2, 0) is 4.79 Å². The van der Waals surface area contributed by atoms with Crippen LogP contribution in [0.5, 0.6) is 0 Å². The summed E-state index contributed by atoms with van der Waals surface area (Å²) in [5.41, 5.74) is 1.96. The molecule has 1 unspecified atom stereocenters. The zero-order valence-corrected chi connectivity index (χ0v) is 14.6. The van der Waals surface area contributed by atoms with Crippen molar-refractivity contribution < 1.29 is 4.79 Å². The fourth-order valence-corrected chi connectivity index (χ4v) is 3.97. The molecule has 0 aliphatic carbocycles. The molecule has 1 aromatic rings. The molecule has 23 heavy (non-hydrogen) atoms. The average Bonchev–Trinajstić information content (AvgIpc) is 2.96. The van der Waals surface area contributed by atoms with Crippen LogP contribution < -0.4 is 10.6 Å². The maximum absolute atomic E-state index is 13.1. The van der Waals surface area contributed by atoms with Crippen molar-refractivity contribution in [2.24, 2.45) is 5.41 Å². The lowest BCUT2D eigenvalue weighted by Crippen LogP contribution is -2.55. The van der Waals surface area contributed by atoms with Crippen LogP contribution in [0.4, 0.5) is 5.69 Å². The van der Waals surface area contributed by atoms with Gasteiger partial charge in [0.05, 0.1) is 0 Å². The van der Waals surface area contributed by atoms with E-state index in [0.717, 1.165) is 38.3 Å². The molecule has 2 aliphatic rings. The summed E-state index contributed by atoms with van der Waals surface area (Å²) < 4.78 is 0. The average molecular weight is 315 g/mol. The zero-order valence-electron chi connectivity index (χ0n) is 14.6. The molecule has 4 heteroatoms. The van der Waals surface area contributed by atoms with Crippen LogP contribution >= 0.6 is 0 Å². The first-order valence-electron chi connectivity index (χ1n) is 8.75. The lowest BCUT2D eigenvalue weighted by molar-refractivity contribution is -0.138. The van der Waals surface area contributed by atoms with Gasteiger partial charge in [-0.3, -0.25) is 4.79 Å². The second-order valence-corrected chi connectivity index (χ2v) is 7.87. The van der Waals surface area contributed by atoms with Gasteiger partial charge in [0.25, 0.3) is 0 Å². The third kappa shape index (κ3) is 3.52. The smallest absolute Gasteiger partial charge is 0.247 e. The molecule has 1 aromatic carbocycles. The molecule has 0 aromatic heterocycles. The van der Waals surface area contributed by atoms with Gasteiger partial charge in [-0.05, 0) is 58.7 Å². The molecular formula is C19H29N3O. The van der Waals surface area contributed by atoms with Crippen LogP contribution in [0.2, 0.25) is 0 Å². The number of likely N-dealkylation sites (tertiary alicyclic amines) is 1. The molecule has 3 rings (SSSR count). The van der Waals surface area contributed by atoms with Crippen molar-refractivity contribution in [2.75, 3.05) is 31.5 Å². The Kier molecular flexibility index (Phi) is 4.37. The predicted octanol–water partition coefficient (Wildman–Crippen LogP) is 2.79. The van der Waals surface area contributed by atoms with E-state index >= 15 is 0 Å². The highest BCUT2D eigenvalue weighted by atomic mass is 16.2. The summed E-state index contributed by atoms with van der Waals surface area (Å²) in [7, 11) is 0. The van der Waals surface area contributed by atoms with E-state index in [1.54, 1.807) is 0 Å². The third-order valence-corrected chi connectivity index (χ3v) is 5.32. The quantitative estimate of drug-likeness (QED) is 0.901. The number of aryl methyl sites for hydroxylation is 1. The SMILES string of the molecule is Cc1ccc(NC(C)(C)C(=O)N2CCCC3(CCNC3)C2)cc1. The van der Waals surface area contributed by atoms with Gasteiger partial charge >= 0.3 is 0 Å².